The molecule has 0 radical (unpaired) electrons. The normalized spacial score (nSPS) is 12.8. The van der Waals surface area contributed by atoms with Crippen molar-refractivity contribution in [2.75, 3.05) is 19.8 Å². The minimum Gasteiger partial charge on any atom is -0.493 e. The van der Waals surface area contributed by atoms with Gasteiger partial charge in [-0.1, -0.05) is 61.6 Å². The number of hydrogen-bond acceptors (Lipinski definition) is 6. The molecule has 0 amide bonds. The predicted molar refractivity (Wildman–Crippen MR) is 154 cm³/mol. The van der Waals surface area contributed by atoms with Crippen LogP contribution >= 0.6 is 11.3 Å². The van der Waals surface area contributed by atoms with Crippen LogP contribution < -0.4 is 24.3 Å². The van der Waals surface area contributed by atoms with Crippen molar-refractivity contribution < 1.29 is 14.2 Å². The molecule has 196 valence electrons. The van der Waals surface area contributed by atoms with E-state index < -0.39 is 0 Å². The standard InChI is InChI=1S/C31H32N2O4S/c1-4-21(3)23-11-6-9-14-26(23)36-17-10-18-37-27-16-15-22(19-28(27)35-5-2)20-29-30(34)33-25-13-8-7-12-24(25)32-31(33)38-29/h6-9,11-16,19-21H,4-5,10,17-18H2,1-3H3. The highest BCUT2D eigenvalue weighted by Crippen LogP contribution is 2.30. The molecule has 2 heterocycles. The lowest BCUT2D eigenvalue weighted by atomic mass is 9.98. The molecule has 0 aliphatic rings. The zero-order valence-corrected chi connectivity index (χ0v) is 22.8. The van der Waals surface area contributed by atoms with E-state index in [1.165, 1.54) is 16.9 Å². The number of hydrogen-bond donors (Lipinski definition) is 0. The van der Waals surface area contributed by atoms with E-state index in [-0.39, 0.29) is 5.56 Å². The summed E-state index contributed by atoms with van der Waals surface area (Å²) in [6.45, 7) is 7.95. The zero-order valence-electron chi connectivity index (χ0n) is 22.0. The monoisotopic (exact) mass is 528 g/mol. The van der Waals surface area contributed by atoms with Gasteiger partial charge in [-0.2, -0.15) is 0 Å². The first-order chi connectivity index (χ1) is 18.6. The van der Waals surface area contributed by atoms with Crippen molar-refractivity contribution in [3.63, 3.8) is 0 Å². The molecule has 0 saturated heterocycles. The van der Waals surface area contributed by atoms with Crippen LogP contribution in [0.15, 0.2) is 71.5 Å². The predicted octanol–water partition coefficient (Wildman–Crippen LogP) is 6.22. The Morgan fingerprint density at radius 3 is 2.50 bits per heavy atom. The van der Waals surface area contributed by atoms with Crippen molar-refractivity contribution in [1.29, 1.82) is 0 Å². The van der Waals surface area contributed by atoms with E-state index >= 15 is 0 Å². The minimum absolute atomic E-state index is 0.0631. The van der Waals surface area contributed by atoms with Gasteiger partial charge in [0.15, 0.2) is 16.5 Å². The lowest BCUT2D eigenvalue weighted by Gasteiger charge is -2.16. The fourth-order valence-corrected chi connectivity index (χ4v) is 5.41. The Morgan fingerprint density at radius 2 is 1.68 bits per heavy atom. The van der Waals surface area contributed by atoms with Crippen molar-refractivity contribution in [3.05, 3.63) is 92.7 Å². The van der Waals surface area contributed by atoms with E-state index in [0.29, 0.717) is 46.7 Å². The molecule has 0 N–H and O–H groups in total. The van der Waals surface area contributed by atoms with Crippen LogP contribution in [-0.2, 0) is 0 Å². The smallest absolute Gasteiger partial charge is 0.274 e. The number of rotatable bonds is 11. The van der Waals surface area contributed by atoms with Gasteiger partial charge in [0.25, 0.3) is 5.56 Å². The Morgan fingerprint density at radius 1 is 0.921 bits per heavy atom. The molecular formula is C31H32N2O4S. The van der Waals surface area contributed by atoms with E-state index in [9.17, 15) is 4.79 Å². The van der Waals surface area contributed by atoms with Gasteiger partial charge in [-0.25, -0.2) is 9.38 Å². The SMILES string of the molecule is CCOc1cc(C=c2sc3nc4ccccc4n3c2=O)ccc1OCCCOc1ccccc1C(C)CC. The third kappa shape index (κ3) is 5.38. The Kier molecular flexibility index (Phi) is 7.94. The molecule has 0 aliphatic heterocycles. The Labute approximate surface area is 226 Å². The van der Waals surface area contributed by atoms with Crippen LogP contribution in [-0.4, -0.2) is 29.2 Å². The minimum atomic E-state index is -0.0631. The number of nitrogens with zero attached hydrogens (tertiary/aromatic N) is 2. The van der Waals surface area contributed by atoms with Crippen molar-refractivity contribution >= 4 is 33.4 Å². The summed E-state index contributed by atoms with van der Waals surface area (Å²) in [6, 6.07) is 21.7. The molecule has 1 unspecified atom stereocenters. The van der Waals surface area contributed by atoms with Crippen LogP contribution in [0.1, 0.15) is 50.7 Å². The molecule has 7 heteroatoms. The fraction of sp³-hybridized carbons (Fsp3) is 0.290. The maximum atomic E-state index is 13.1. The molecule has 0 spiro atoms. The van der Waals surface area contributed by atoms with Crippen molar-refractivity contribution in [3.8, 4) is 17.2 Å². The molecule has 0 saturated carbocycles. The summed E-state index contributed by atoms with van der Waals surface area (Å²) in [6.07, 6.45) is 3.70. The van der Waals surface area contributed by atoms with Crippen LogP contribution in [0.5, 0.6) is 17.2 Å². The zero-order chi connectivity index (χ0) is 26.5. The molecule has 6 nitrogen and oxygen atoms in total. The Bertz CT molecular complexity index is 1660. The lowest BCUT2D eigenvalue weighted by Crippen LogP contribution is -2.22. The average molecular weight is 529 g/mol. The largest absolute Gasteiger partial charge is 0.493 e. The molecule has 5 aromatic rings. The van der Waals surface area contributed by atoms with Gasteiger partial charge in [-0.15, -0.1) is 0 Å². The number of para-hydroxylation sites is 3. The third-order valence-corrected chi connectivity index (χ3v) is 7.55. The Balaban J connectivity index is 1.27. The summed E-state index contributed by atoms with van der Waals surface area (Å²) >= 11 is 1.39. The second-order valence-corrected chi connectivity index (χ2v) is 10.2. The lowest BCUT2D eigenvalue weighted by molar-refractivity contribution is 0.234. The van der Waals surface area contributed by atoms with Crippen LogP contribution in [0.2, 0.25) is 0 Å². The summed E-state index contributed by atoms with van der Waals surface area (Å²) in [5, 5.41) is 0. The van der Waals surface area contributed by atoms with Gasteiger partial charge in [0.1, 0.15) is 5.75 Å². The van der Waals surface area contributed by atoms with Crippen LogP contribution in [0, 0.1) is 0 Å². The summed E-state index contributed by atoms with van der Waals surface area (Å²) < 4.78 is 20.3. The first-order valence-electron chi connectivity index (χ1n) is 13.1. The highest BCUT2D eigenvalue weighted by atomic mass is 32.1. The topological polar surface area (TPSA) is 62.1 Å². The summed E-state index contributed by atoms with van der Waals surface area (Å²) in [5.74, 6) is 2.74. The van der Waals surface area contributed by atoms with E-state index in [0.717, 1.165) is 35.2 Å². The number of ether oxygens (including phenoxy) is 3. The molecule has 1 atom stereocenters. The average Bonchev–Trinajstić information content (AvgIpc) is 3.45. The number of thiazole rings is 1. The van der Waals surface area contributed by atoms with Crippen LogP contribution in [0.3, 0.4) is 0 Å². The van der Waals surface area contributed by atoms with Gasteiger partial charge in [-0.05, 0) is 66.8 Å². The third-order valence-electron chi connectivity index (χ3n) is 6.58. The molecule has 3 aromatic carbocycles. The fourth-order valence-electron chi connectivity index (χ4n) is 4.43. The van der Waals surface area contributed by atoms with Crippen LogP contribution in [0.4, 0.5) is 0 Å². The second kappa shape index (κ2) is 11.7. The quantitative estimate of drug-likeness (QED) is 0.191. The van der Waals surface area contributed by atoms with E-state index in [4.69, 9.17) is 14.2 Å². The molecular weight excluding hydrogens is 496 g/mol. The van der Waals surface area contributed by atoms with Crippen molar-refractivity contribution in [1.82, 2.24) is 9.38 Å². The van der Waals surface area contributed by atoms with Crippen molar-refractivity contribution in [2.24, 2.45) is 0 Å². The first-order valence-corrected chi connectivity index (χ1v) is 13.9. The number of imidazole rings is 1. The van der Waals surface area contributed by atoms with Gasteiger partial charge in [0.05, 0.1) is 35.4 Å². The van der Waals surface area contributed by atoms with Crippen molar-refractivity contribution in [2.45, 2.75) is 39.5 Å². The molecule has 2 aromatic heterocycles. The van der Waals surface area contributed by atoms with Gasteiger partial charge >= 0.3 is 0 Å². The van der Waals surface area contributed by atoms with E-state index in [2.05, 4.69) is 31.0 Å². The molecule has 0 aliphatic carbocycles. The molecule has 38 heavy (non-hydrogen) atoms. The maximum Gasteiger partial charge on any atom is 0.274 e. The van der Waals surface area contributed by atoms with Gasteiger partial charge in [0.2, 0.25) is 0 Å². The number of aromatic nitrogens is 2. The summed E-state index contributed by atoms with van der Waals surface area (Å²) in [5.41, 5.74) is 3.71. The number of benzene rings is 3. The summed E-state index contributed by atoms with van der Waals surface area (Å²) in [4.78, 5) is 18.4. The van der Waals surface area contributed by atoms with E-state index in [1.54, 1.807) is 4.40 Å². The molecule has 0 fully saturated rings. The molecule has 0 bridgehead atoms. The maximum absolute atomic E-state index is 13.1. The number of fused-ring (bicyclic) bond motifs is 3. The van der Waals surface area contributed by atoms with Gasteiger partial charge in [-0.3, -0.25) is 4.79 Å². The highest BCUT2D eigenvalue weighted by molar-refractivity contribution is 7.15. The summed E-state index contributed by atoms with van der Waals surface area (Å²) in [7, 11) is 0. The highest BCUT2D eigenvalue weighted by Gasteiger charge is 2.12. The van der Waals surface area contributed by atoms with E-state index in [1.807, 2.05) is 67.6 Å². The first kappa shape index (κ1) is 25.8. The molecule has 5 rings (SSSR count). The van der Waals surface area contributed by atoms with Gasteiger partial charge < -0.3 is 14.2 Å². The van der Waals surface area contributed by atoms with Crippen LogP contribution in [0.25, 0.3) is 22.1 Å². The van der Waals surface area contributed by atoms with Gasteiger partial charge in [0, 0.05) is 6.42 Å². The second-order valence-electron chi connectivity index (χ2n) is 9.17. The Hall–Kier alpha value is -3.84.